The van der Waals surface area contributed by atoms with E-state index in [4.69, 9.17) is 9.47 Å². The minimum Gasteiger partial charge on any atom is -0.497 e. The van der Waals surface area contributed by atoms with Crippen molar-refractivity contribution in [2.45, 2.75) is 45.8 Å². The maximum absolute atomic E-state index is 5.91. The van der Waals surface area contributed by atoms with Crippen molar-refractivity contribution in [2.75, 3.05) is 20.3 Å². The lowest BCUT2D eigenvalue weighted by Crippen LogP contribution is -2.27. The van der Waals surface area contributed by atoms with Gasteiger partial charge in [0.2, 0.25) is 0 Å². The number of benzene rings is 1. The average Bonchev–Trinajstić information content (AvgIpc) is 2.44. The molecule has 3 heteroatoms. The Morgan fingerprint density at radius 2 is 1.84 bits per heavy atom. The summed E-state index contributed by atoms with van der Waals surface area (Å²) < 4.78 is 11.1. The molecule has 0 aliphatic heterocycles. The zero-order valence-corrected chi connectivity index (χ0v) is 12.6. The summed E-state index contributed by atoms with van der Waals surface area (Å²) in [6, 6.07) is 8.43. The number of likely N-dealkylation sites (N-methyl/N-ethyl adjacent to an activating group) is 1. The summed E-state index contributed by atoms with van der Waals surface area (Å²) in [7, 11) is 1.69. The Morgan fingerprint density at radius 1 is 1.16 bits per heavy atom. The van der Waals surface area contributed by atoms with Crippen LogP contribution in [-0.4, -0.2) is 26.4 Å². The molecule has 2 unspecified atom stereocenters. The van der Waals surface area contributed by atoms with E-state index < -0.39 is 0 Å². The Balaban J connectivity index is 2.59. The van der Waals surface area contributed by atoms with E-state index in [-0.39, 0.29) is 6.04 Å². The van der Waals surface area contributed by atoms with Gasteiger partial charge in [-0.1, -0.05) is 32.4 Å². The van der Waals surface area contributed by atoms with Crippen LogP contribution in [0.4, 0.5) is 0 Å². The first-order valence-electron chi connectivity index (χ1n) is 7.20. The minimum atomic E-state index is 0.246. The predicted octanol–water partition coefficient (Wildman–Crippen LogP) is 3.55. The number of nitrogens with one attached hydrogen (secondary N) is 1. The zero-order chi connectivity index (χ0) is 14.1. The Labute approximate surface area is 117 Å². The normalized spacial score (nSPS) is 14.1. The van der Waals surface area contributed by atoms with Crippen LogP contribution in [0.5, 0.6) is 5.75 Å². The smallest absolute Gasteiger partial charge is 0.118 e. The van der Waals surface area contributed by atoms with Crippen molar-refractivity contribution in [1.29, 1.82) is 0 Å². The van der Waals surface area contributed by atoms with E-state index >= 15 is 0 Å². The topological polar surface area (TPSA) is 30.5 Å². The molecule has 0 amide bonds. The molecular formula is C16H27NO2. The summed E-state index contributed by atoms with van der Waals surface area (Å²) in [6.07, 6.45) is 2.60. The van der Waals surface area contributed by atoms with Gasteiger partial charge in [0.15, 0.2) is 0 Å². The van der Waals surface area contributed by atoms with Gasteiger partial charge in [-0.15, -0.1) is 0 Å². The zero-order valence-electron chi connectivity index (χ0n) is 12.6. The van der Waals surface area contributed by atoms with Gasteiger partial charge in [-0.2, -0.15) is 0 Å². The van der Waals surface area contributed by atoms with Crippen molar-refractivity contribution in [2.24, 2.45) is 0 Å². The molecule has 19 heavy (non-hydrogen) atoms. The van der Waals surface area contributed by atoms with Gasteiger partial charge in [0.25, 0.3) is 0 Å². The SMILES string of the molecule is CCCC(C)OCC(NCC)c1ccc(OC)cc1. The van der Waals surface area contributed by atoms with Gasteiger partial charge >= 0.3 is 0 Å². The molecule has 1 N–H and O–H groups in total. The van der Waals surface area contributed by atoms with Crippen LogP contribution in [-0.2, 0) is 4.74 Å². The first-order chi connectivity index (χ1) is 9.21. The van der Waals surface area contributed by atoms with Crippen molar-refractivity contribution in [3.63, 3.8) is 0 Å². The predicted molar refractivity (Wildman–Crippen MR) is 79.7 cm³/mol. The van der Waals surface area contributed by atoms with Crippen molar-refractivity contribution >= 4 is 0 Å². The molecule has 0 aromatic heterocycles. The Hall–Kier alpha value is -1.06. The number of hydrogen-bond donors (Lipinski definition) is 1. The van der Waals surface area contributed by atoms with E-state index in [2.05, 4.69) is 38.2 Å². The van der Waals surface area contributed by atoms with Crippen LogP contribution in [0, 0.1) is 0 Å². The fraction of sp³-hybridized carbons (Fsp3) is 0.625. The van der Waals surface area contributed by atoms with Crippen molar-refractivity contribution in [3.8, 4) is 5.75 Å². The van der Waals surface area contributed by atoms with Gasteiger partial charge in [0, 0.05) is 0 Å². The largest absolute Gasteiger partial charge is 0.497 e. The molecule has 0 radical (unpaired) electrons. The number of rotatable bonds is 9. The lowest BCUT2D eigenvalue weighted by molar-refractivity contribution is 0.0442. The van der Waals surface area contributed by atoms with Gasteiger partial charge in [-0.3, -0.25) is 0 Å². The van der Waals surface area contributed by atoms with Crippen LogP contribution < -0.4 is 10.1 Å². The van der Waals surface area contributed by atoms with Crippen molar-refractivity contribution in [1.82, 2.24) is 5.32 Å². The van der Waals surface area contributed by atoms with Crippen molar-refractivity contribution in [3.05, 3.63) is 29.8 Å². The first-order valence-corrected chi connectivity index (χ1v) is 7.20. The standard InChI is InChI=1S/C16H27NO2/c1-5-7-13(3)19-12-16(17-6-2)14-8-10-15(18-4)11-9-14/h8-11,13,16-17H,5-7,12H2,1-4H3. The summed E-state index contributed by atoms with van der Waals surface area (Å²) in [6.45, 7) is 8.08. The molecule has 108 valence electrons. The third-order valence-corrected chi connectivity index (χ3v) is 3.21. The lowest BCUT2D eigenvalue weighted by atomic mass is 10.1. The molecule has 0 fully saturated rings. The lowest BCUT2D eigenvalue weighted by Gasteiger charge is -2.21. The molecule has 1 aromatic rings. The van der Waals surface area contributed by atoms with E-state index in [0.717, 1.165) is 25.1 Å². The first kappa shape index (κ1) is 16.0. The Morgan fingerprint density at radius 3 is 2.37 bits per heavy atom. The van der Waals surface area contributed by atoms with E-state index in [0.29, 0.717) is 12.7 Å². The quantitative estimate of drug-likeness (QED) is 0.740. The van der Waals surface area contributed by atoms with E-state index in [9.17, 15) is 0 Å². The summed E-state index contributed by atoms with van der Waals surface area (Å²) in [5, 5.41) is 3.47. The summed E-state index contributed by atoms with van der Waals surface area (Å²) >= 11 is 0. The molecule has 1 aromatic carbocycles. The van der Waals surface area contributed by atoms with E-state index in [1.807, 2.05) is 12.1 Å². The number of ether oxygens (including phenoxy) is 2. The van der Waals surface area contributed by atoms with Crippen LogP contribution in [0.1, 0.15) is 45.2 Å². The third kappa shape index (κ3) is 5.62. The van der Waals surface area contributed by atoms with Gasteiger partial charge < -0.3 is 14.8 Å². The van der Waals surface area contributed by atoms with Crippen molar-refractivity contribution < 1.29 is 9.47 Å². The molecule has 0 bridgehead atoms. The maximum atomic E-state index is 5.91. The van der Waals surface area contributed by atoms with Gasteiger partial charge in [0.1, 0.15) is 5.75 Å². The van der Waals surface area contributed by atoms with Gasteiger partial charge in [0.05, 0.1) is 25.9 Å². The molecule has 3 nitrogen and oxygen atoms in total. The van der Waals surface area contributed by atoms with Crippen LogP contribution in [0.3, 0.4) is 0 Å². The second-order valence-corrected chi connectivity index (χ2v) is 4.82. The molecule has 0 saturated carbocycles. The summed E-state index contributed by atoms with van der Waals surface area (Å²) in [4.78, 5) is 0. The molecular weight excluding hydrogens is 238 g/mol. The maximum Gasteiger partial charge on any atom is 0.118 e. The highest BCUT2D eigenvalue weighted by Gasteiger charge is 2.12. The van der Waals surface area contributed by atoms with Crippen LogP contribution in [0.15, 0.2) is 24.3 Å². The Kier molecular flexibility index (Phi) is 7.53. The highest BCUT2D eigenvalue weighted by atomic mass is 16.5. The van der Waals surface area contributed by atoms with Gasteiger partial charge in [-0.25, -0.2) is 0 Å². The fourth-order valence-electron chi connectivity index (χ4n) is 2.11. The van der Waals surface area contributed by atoms with Crippen LogP contribution >= 0.6 is 0 Å². The average molecular weight is 265 g/mol. The van der Waals surface area contributed by atoms with Crippen LogP contribution in [0.25, 0.3) is 0 Å². The molecule has 0 spiro atoms. The second kappa shape index (κ2) is 8.94. The van der Waals surface area contributed by atoms with Crippen LogP contribution in [0.2, 0.25) is 0 Å². The molecule has 0 saturated heterocycles. The third-order valence-electron chi connectivity index (χ3n) is 3.21. The fourth-order valence-corrected chi connectivity index (χ4v) is 2.11. The highest BCUT2D eigenvalue weighted by molar-refractivity contribution is 5.29. The molecule has 0 aliphatic carbocycles. The number of methoxy groups -OCH3 is 1. The van der Waals surface area contributed by atoms with E-state index in [1.54, 1.807) is 7.11 Å². The molecule has 2 atom stereocenters. The molecule has 0 aliphatic rings. The monoisotopic (exact) mass is 265 g/mol. The van der Waals surface area contributed by atoms with E-state index in [1.165, 1.54) is 5.56 Å². The molecule has 0 heterocycles. The molecule has 1 rings (SSSR count). The Bertz CT molecular complexity index is 337. The number of hydrogen-bond acceptors (Lipinski definition) is 3. The highest BCUT2D eigenvalue weighted by Crippen LogP contribution is 2.18. The summed E-state index contributed by atoms with van der Waals surface area (Å²) in [5.74, 6) is 0.888. The minimum absolute atomic E-state index is 0.246. The second-order valence-electron chi connectivity index (χ2n) is 4.82. The summed E-state index contributed by atoms with van der Waals surface area (Å²) in [5.41, 5.74) is 1.24. The van der Waals surface area contributed by atoms with Gasteiger partial charge in [-0.05, 0) is 37.6 Å².